The molecule has 0 N–H and O–H groups in total. The van der Waals surface area contributed by atoms with Crippen LogP contribution in [0.4, 0.5) is 0 Å². The van der Waals surface area contributed by atoms with Crippen LogP contribution in [0.1, 0.15) is 33.6 Å². The van der Waals surface area contributed by atoms with Gasteiger partial charge in [-0.2, -0.15) is 0 Å². The third kappa shape index (κ3) is 5.24. The molecule has 1 fully saturated rings. The maximum absolute atomic E-state index is 10.6. The topological polar surface area (TPSA) is 34.1 Å². The standard InChI is InChI=1S/C5H10O2S.C3H8/c1-5-2-3-8(6,7)4-5;1-3-2/h5H,2-4H2,1H3;3H2,1-2H3. The van der Waals surface area contributed by atoms with Crippen molar-refractivity contribution >= 4 is 9.84 Å². The highest BCUT2D eigenvalue weighted by molar-refractivity contribution is 7.91. The molecule has 1 saturated heterocycles. The molecule has 68 valence electrons. The summed E-state index contributed by atoms with van der Waals surface area (Å²) in [5.74, 6) is 1.22. The Morgan fingerprint density at radius 1 is 1.36 bits per heavy atom. The van der Waals surface area contributed by atoms with Crippen molar-refractivity contribution in [1.29, 1.82) is 0 Å². The zero-order valence-corrected chi connectivity index (χ0v) is 8.45. The Kier molecular flexibility index (Phi) is 4.73. The van der Waals surface area contributed by atoms with E-state index in [2.05, 4.69) is 13.8 Å². The minimum absolute atomic E-state index is 0.403. The fourth-order valence-electron chi connectivity index (χ4n) is 0.981. The van der Waals surface area contributed by atoms with E-state index in [1.165, 1.54) is 6.42 Å². The van der Waals surface area contributed by atoms with Crippen LogP contribution in [-0.4, -0.2) is 19.9 Å². The smallest absolute Gasteiger partial charge is 0.150 e. The molecule has 0 bridgehead atoms. The molecule has 1 atom stereocenters. The number of rotatable bonds is 0. The van der Waals surface area contributed by atoms with Gasteiger partial charge in [0, 0.05) is 0 Å². The molecule has 0 amide bonds. The fourth-order valence-corrected chi connectivity index (χ4v) is 2.94. The molecule has 1 aliphatic heterocycles. The van der Waals surface area contributed by atoms with Crippen molar-refractivity contribution in [3.8, 4) is 0 Å². The molecule has 0 aromatic heterocycles. The van der Waals surface area contributed by atoms with Gasteiger partial charge in [0.15, 0.2) is 9.84 Å². The minimum atomic E-state index is -2.60. The molecule has 3 heteroatoms. The van der Waals surface area contributed by atoms with E-state index in [9.17, 15) is 8.42 Å². The summed E-state index contributed by atoms with van der Waals surface area (Å²) in [5, 5.41) is 0. The molecule has 0 aromatic carbocycles. The van der Waals surface area contributed by atoms with E-state index in [4.69, 9.17) is 0 Å². The predicted molar refractivity (Wildman–Crippen MR) is 48.4 cm³/mol. The van der Waals surface area contributed by atoms with Crippen molar-refractivity contribution in [2.45, 2.75) is 33.6 Å². The fraction of sp³-hybridized carbons (Fsp3) is 1.00. The Labute approximate surface area is 69.9 Å². The zero-order chi connectivity index (χ0) is 8.91. The molecule has 0 saturated carbocycles. The number of sulfone groups is 1. The van der Waals surface area contributed by atoms with Gasteiger partial charge in [0.25, 0.3) is 0 Å². The van der Waals surface area contributed by atoms with Crippen molar-refractivity contribution in [2.24, 2.45) is 5.92 Å². The van der Waals surface area contributed by atoms with Gasteiger partial charge in [-0.25, -0.2) is 8.42 Å². The largest absolute Gasteiger partial charge is 0.229 e. The molecule has 2 nitrogen and oxygen atoms in total. The summed E-state index contributed by atoms with van der Waals surface area (Å²) in [4.78, 5) is 0. The monoisotopic (exact) mass is 178 g/mol. The van der Waals surface area contributed by atoms with Gasteiger partial charge in [-0.15, -0.1) is 0 Å². The van der Waals surface area contributed by atoms with Gasteiger partial charge in [0.1, 0.15) is 0 Å². The first kappa shape index (κ1) is 11.0. The summed E-state index contributed by atoms with van der Waals surface area (Å²) in [6.07, 6.45) is 2.11. The molecule has 11 heavy (non-hydrogen) atoms. The molecule has 1 unspecified atom stereocenters. The van der Waals surface area contributed by atoms with E-state index in [1.807, 2.05) is 6.92 Å². The van der Waals surface area contributed by atoms with Crippen molar-refractivity contribution in [3.63, 3.8) is 0 Å². The molecule has 0 aliphatic carbocycles. The number of hydrogen-bond acceptors (Lipinski definition) is 2. The van der Waals surface area contributed by atoms with Crippen molar-refractivity contribution < 1.29 is 8.42 Å². The van der Waals surface area contributed by atoms with Crippen LogP contribution in [0.15, 0.2) is 0 Å². The van der Waals surface area contributed by atoms with E-state index in [0.717, 1.165) is 6.42 Å². The molecule has 0 spiro atoms. The number of hydrogen-bond donors (Lipinski definition) is 0. The molecular weight excluding hydrogens is 160 g/mol. The zero-order valence-electron chi connectivity index (χ0n) is 7.63. The highest BCUT2D eigenvalue weighted by Crippen LogP contribution is 2.16. The van der Waals surface area contributed by atoms with Crippen LogP contribution in [0.3, 0.4) is 0 Å². The molecule has 1 aliphatic rings. The quantitative estimate of drug-likeness (QED) is 0.567. The third-order valence-electron chi connectivity index (χ3n) is 1.46. The second-order valence-electron chi connectivity index (χ2n) is 3.22. The van der Waals surface area contributed by atoms with Crippen LogP contribution >= 0.6 is 0 Å². The summed E-state index contributed by atoms with van der Waals surface area (Å²) in [6, 6.07) is 0. The van der Waals surface area contributed by atoms with Crippen LogP contribution in [0, 0.1) is 5.92 Å². The van der Waals surface area contributed by atoms with Gasteiger partial charge < -0.3 is 0 Å². The van der Waals surface area contributed by atoms with E-state index < -0.39 is 9.84 Å². The molecule has 1 heterocycles. The summed E-state index contributed by atoms with van der Waals surface area (Å²) < 4.78 is 21.3. The predicted octanol–water partition coefficient (Wildman–Crippen LogP) is 1.86. The second kappa shape index (κ2) is 4.75. The maximum Gasteiger partial charge on any atom is 0.150 e. The summed E-state index contributed by atoms with van der Waals surface area (Å²) in [5.41, 5.74) is 0. The van der Waals surface area contributed by atoms with Gasteiger partial charge in [-0.3, -0.25) is 0 Å². The average molecular weight is 178 g/mol. The Hall–Kier alpha value is -0.0500. The van der Waals surface area contributed by atoms with Crippen molar-refractivity contribution in [2.75, 3.05) is 11.5 Å². The van der Waals surface area contributed by atoms with Crippen LogP contribution in [0.2, 0.25) is 0 Å². The lowest BCUT2D eigenvalue weighted by molar-refractivity contribution is 0.599. The van der Waals surface area contributed by atoms with E-state index in [-0.39, 0.29) is 0 Å². The first-order valence-electron chi connectivity index (χ1n) is 4.22. The molecular formula is C8H18O2S. The second-order valence-corrected chi connectivity index (χ2v) is 5.44. The molecule has 1 rings (SSSR count). The first-order chi connectivity index (χ1) is 5.02. The van der Waals surface area contributed by atoms with Gasteiger partial charge in [0.05, 0.1) is 11.5 Å². The van der Waals surface area contributed by atoms with Gasteiger partial charge in [-0.05, 0) is 12.3 Å². The van der Waals surface area contributed by atoms with Crippen molar-refractivity contribution in [1.82, 2.24) is 0 Å². The lowest BCUT2D eigenvalue weighted by Gasteiger charge is -1.90. The average Bonchev–Trinajstić information content (AvgIpc) is 2.11. The minimum Gasteiger partial charge on any atom is -0.229 e. The summed E-state index contributed by atoms with van der Waals surface area (Å²) >= 11 is 0. The Bertz CT molecular complexity index is 182. The normalized spacial score (nSPS) is 27.4. The van der Waals surface area contributed by atoms with Gasteiger partial charge >= 0.3 is 0 Å². The Morgan fingerprint density at radius 3 is 1.91 bits per heavy atom. The lowest BCUT2D eigenvalue weighted by atomic mass is 10.2. The van der Waals surface area contributed by atoms with E-state index in [1.54, 1.807) is 0 Å². The summed E-state index contributed by atoms with van der Waals surface area (Å²) in [6.45, 7) is 6.23. The first-order valence-corrected chi connectivity index (χ1v) is 6.04. The highest BCUT2D eigenvalue weighted by atomic mass is 32.2. The van der Waals surface area contributed by atoms with Crippen LogP contribution in [0.25, 0.3) is 0 Å². The van der Waals surface area contributed by atoms with Gasteiger partial charge in [-0.1, -0.05) is 27.2 Å². The molecule has 0 aromatic rings. The third-order valence-corrected chi connectivity index (χ3v) is 3.39. The van der Waals surface area contributed by atoms with Crippen LogP contribution < -0.4 is 0 Å². The van der Waals surface area contributed by atoms with Crippen LogP contribution in [0.5, 0.6) is 0 Å². The van der Waals surface area contributed by atoms with E-state index in [0.29, 0.717) is 17.4 Å². The molecule has 0 radical (unpaired) electrons. The Morgan fingerprint density at radius 2 is 1.82 bits per heavy atom. The van der Waals surface area contributed by atoms with E-state index >= 15 is 0 Å². The Balaban J connectivity index is 0.000000292. The van der Waals surface area contributed by atoms with Crippen molar-refractivity contribution in [3.05, 3.63) is 0 Å². The van der Waals surface area contributed by atoms with Crippen LogP contribution in [-0.2, 0) is 9.84 Å². The van der Waals surface area contributed by atoms with Gasteiger partial charge in [0.2, 0.25) is 0 Å². The lowest BCUT2D eigenvalue weighted by Crippen LogP contribution is -2.01. The highest BCUT2D eigenvalue weighted by Gasteiger charge is 2.23. The summed E-state index contributed by atoms with van der Waals surface area (Å²) in [7, 11) is -2.60. The SMILES string of the molecule is CC1CCS(=O)(=O)C1.CCC. The maximum atomic E-state index is 10.6.